The number of hydrogen-bond acceptors (Lipinski definition) is 1. The first kappa shape index (κ1) is 16.8. The van der Waals surface area contributed by atoms with Crippen LogP contribution >= 0.6 is 0 Å². The van der Waals surface area contributed by atoms with Crippen LogP contribution in [0.25, 0.3) is 88.0 Å². The van der Waals surface area contributed by atoms with E-state index in [0.717, 1.165) is 43.8 Å². The van der Waals surface area contributed by atoms with E-state index in [1.54, 1.807) is 0 Å². The van der Waals surface area contributed by atoms with E-state index in [-0.39, 0.29) is 45.2 Å². The van der Waals surface area contributed by atoms with Crippen LogP contribution in [-0.4, -0.2) is 0 Å². The summed E-state index contributed by atoms with van der Waals surface area (Å²) in [5.41, 5.74) is 3.57. The second-order valence-electron chi connectivity index (χ2n) is 10.8. The Morgan fingerprint density at radius 1 is 0.378 bits per heavy atom. The highest BCUT2D eigenvalue weighted by Gasteiger charge is 2.18. The van der Waals surface area contributed by atoms with Gasteiger partial charge in [-0.15, -0.1) is 0 Å². The van der Waals surface area contributed by atoms with Gasteiger partial charge in [-0.1, -0.05) is 151 Å². The molecule has 1 aromatic heterocycles. The molecule has 0 spiro atoms. The Hall–Kier alpha value is -5.92. The van der Waals surface area contributed by atoms with Gasteiger partial charge < -0.3 is 4.42 Å². The molecule has 9 aromatic rings. The molecule has 8 aromatic carbocycles. The van der Waals surface area contributed by atoms with Gasteiger partial charge in [-0.25, -0.2) is 0 Å². The second kappa shape index (κ2) is 10.4. The van der Waals surface area contributed by atoms with Crippen molar-refractivity contribution in [1.82, 2.24) is 0 Å². The first-order chi connectivity index (χ1) is 26.9. The minimum absolute atomic E-state index is 0.105. The molecule has 210 valence electrons. The highest BCUT2D eigenvalue weighted by Crippen LogP contribution is 2.45. The SMILES string of the molecule is [2H]c1c([2H])c([2H])c(-c2c([2H])c([2H])c([2H])c3oc4c([2H])c(-c5c6ccccc6c(-c6ccc(-c7ccccc7)cc6)c6ccccc56)c([2H])c([2H])c4c23)c([2H])c1[2H]. The third kappa shape index (κ3) is 4.17. The Bertz CT molecular complexity index is 3050. The van der Waals surface area contributed by atoms with E-state index in [2.05, 4.69) is 36.4 Å². The van der Waals surface area contributed by atoms with Gasteiger partial charge in [0, 0.05) is 10.8 Å². The fourth-order valence-electron chi connectivity index (χ4n) is 6.30. The van der Waals surface area contributed by atoms with Gasteiger partial charge in [-0.05, 0) is 84.2 Å². The zero-order valence-electron chi connectivity index (χ0n) is 34.7. The van der Waals surface area contributed by atoms with Crippen LogP contribution in [0.1, 0.15) is 15.1 Å². The summed E-state index contributed by atoms with van der Waals surface area (Å²) < 4.78 is 103. The van der Waals surface area contributed by atoms with Gasteiger partial charge in [-0.3, -0.25) is 0 Å². The van der Waals surface area contributed by atoms with Crippen molar-refractivity contribution < 1.29 is 19.5 Å². The number of furan rings is 1. The molecule has 0 radical (unpaired) electrons. The minimum Gasteiger partial charge on any atom is -0.456 e. The van der Waals surface area contributed by atoms with Gasteiger partial charge in [0.25, 0.3) is 0 Å². The molecular weight excluding hydrogens is 544 g/mol. The van der Waals surface area contributed by atoms with Crippen molar-refractivity contribution in [1.29, 1.82) is 0 Å². The lowest BCUT2D eigenvalue weighted by atomic mass is 9.85. The molecule has 1 heteroatoms. The molecule has 0 atom stereocenters. The summed E-state index contributed by atoms with van der Waals surface area (Å²) in [7, 11) is 0. The summed E-state index contributed by atoms with van der Waals surface area (Å²) in [6, 6.07) is 27.9. The summed E-state index contributed by atoms with van der Waals surface area (Å²) in [5.74, 6) is 0. The number of hydrogen-bond donors (Lipinski definition) is 0. The van der Waals surface area contributed by atoms with Gasteiger partial charge in [0.15, 0.2) is 0 Å². The Morgan fingerprint density at radius 3 is 1.62 bits per heavy atom. The van der Waals surface area contributed by atoms with E-state index >= 15 is 0 Å². The maximum absolute atomic E-state index is 9.64. The van der Waals surface area contributed by atoms with E-state index in [1.165, 1.54) is 0 Å². The van der Waals surface area contributed by atoms with E-state index in [9.17, 15) is 4.11 Å². The predicted octanol–water partition coefficient (Wildman–Crippen LogP) is 12.6. The van der Waals surface area contributed by atoms with Crippen molar-refractivity contribution in [2.24, 2.45) is 0 Å². The molecule has 0 aliphatic carbocycles. The molecular formula is C44H28O. The maximum Gasteiger partial charge on any atom is 0.136 e. The van der Waals surface area contributed by atoms with Crippen molar-refractivity contribution in [2.45, 2.75) is 0 Å². The van der Waals surface area contributed by atoms with Crippen LogP contribution in [0.2, 0.25) is 0 Å². The normalized spacial score (nSPS) is 15.0. The molecule has 0 saturated carbocycles. The van der Waals surface area contributed by atoms with Crippen molar-refractivity contribution >= 4 is 43.5 Å². The van der Waals surface area contributed by atoms with Gasteiger partial charge in [0.2, 0.25) is 0 Å². The lowest BCUT2D eigenvalue weighted by Gasteiger charge is -2.18. The van der Waals surface area contributed by atoms with Crippen LogP contribution in [0.4, 0.5) is 0 Å². The van der Waals surface area contributed by atoms with Crippen LogP contribution in [0.5, 0.6) is 0 Å². The molecule has 45 heavy (non-hydrogen) atoms. The average Bonchev–Trinajstić information content (AvgIpc) is 3.63. The monoisotopic (exact) mass is 583 g/mol. The standard InChI is InChI=1S/C44H28O/c1-3-12-29(13-4-1)30-22-24-32(25-23-30)42-35-16-7-9-18-37(35)43(38-19-10-8-17-36(38)42)33-26-27-39-41(28-33)45-40-21-11-20-34(44(39)40)31-14-5-2-6-15-31/h1-28H/i2D,5D,6D,11D,14D,15D,20D,21D,26D,27D,28D. The highest BCUT2D eigenvalue weighted by molar-refractivity contribution is 6.22. The minimum atomic E-state index is -0.659. The third-order valence-corrected chi connectivity index (χ3v) is 8.28. The molecule has 1 heterocycles. The highest BCUT2D eigenvalue weighted by atomic mass is 16.3. The molecule has 0 aliphatic rings. The molecule has 0 aliphatic heterocycles. The van der Waals surface area contributed by atoms with E-state index in [4.69, 9.17) is 15.4 Å². The quantitative estimate of drug-likeness (QED) is 0.188. The number of rotatable bonds is 4. The summed E-state index contributed by atoms with van der Waals surface area (Å²) >= 11 is 0. The molecule has 0 amide bonds. The number of benzene rings is 8. The smallest absolute Gasteiger partial charge is 0.136 e. The molecule has 0 N–H and O–H groups in total. The summed E-state index contributed by atoms with van der Waals surface area (Å²) in [6.07, 6.45) is 0. The zero-order chi connectivity index (χ0) is 39.3. The lowest BCUT2D eigenvalue weighted by molar-refractivity contribution is 0.669. The van der Waals surface area contributed by atoms with E-state index in [0.29, 0.717) is 5.56 Å². The summed E-state index contributed by atoms with van der Waals surface area (Å²) in [4.78, 5) is 0. The van der Waals surface area contributed by atoms with Crippen LogP contribution in [0.15, 0.2) is 174 Å². The Labute approximate surface area is 277 Å². The second-order valence-corrected chi connectivity index (χ2v) is 10.8. The van der Waals surface area contributed by atoms with E-state index in [1.807, 2.05) is 66.7 Å². The van der Waals surface area contributed by atoms with Crippen molar-refractivity contribution in [3.63, 3.8) is 0 Å². The van der Waals surface area contributed by atoms with Crippen LogP contribution in [-0.2, 0) is 0 Å². The maximum atomic E-state index is 9.64. The first-order valence-electron chi connectivity index (χ1n) is 20.0. The topological polar surface area (TPSA) is 13.1 Å². The fourth-order valence-corrected chi connectivity index (χ4v) is 6.30. The Balaban J connectivity index is 1.37. The molecule has 0 saturated heterocycles. The summed E-state index contributed by atoms with van der Waals surface area (Å²) in [6.45, 7) is 0. The van der Waals surface area contributed by atoms with Crippen molar-refractivity contribution in [3.8, 4) is 44.5 Å². The van der Waals surface area contributed by atoms with Crippen molar-refractivity contribution in [2.75, 3.05) is 0 Å². The van der Waals surface area contributed by atoms with Crippen molar-refractivity contribution in [3.05, 3.63) is 170 Å². The van der Waals surface area contributed by atoms with Gasteiger partial charge >= 0.3 is 0 Å². The zero-order valence-corrected chi connectivity index (χ0v) is 23.7. The molecule has 0 unspecified atom stereocenters. The Morgan fingerprint density at radius 2 is 0.956 bits per heavy atom. The number of fused-ring (bicyclic) bond motifs is 5. The predicted molar refractivity (Wildman–Crippen MR) is 190 cm³/mol. The Kier molecular flexibility index (Phi) is 3.87. The third-order valence-electron chi connectivity index (χ3n) is 8.28. The molecule has 9 rings (SSSR count). The van der Waals surface area contributed by atoms with Crippen LogP contribution in [0, 0.1) is 0 Å². The first-order valence-corrected chi connectivity index (χ1v) is 14.5. The van der Waals surface area contributed by atoms with Crippen LogP contribution in [0.3, 0.4) is 0 Å². The van der Waals surface area contributed by atoms with Gasteiger partial charge in [0.05, 0.1) is 15.1 Å². The lowest BCUT2D eigenvalue weighted by Crippen LogP contribution is -1.91. The van der Waals surface area contributed by atoms with Gasteiger partial charge in [-0.2, -0.15) is 0 Å². The molecule has 1 nitrogen and oxygen atoms in total. The molecule has 0 bridgehead atoms. The van der Waals surface area contributed by atoms with Crippen LogP contribution < -0.4 is 0 Å². The molecule has 0 fully saturated rings. The largest absolute Gasteiger partial charge is 0.456 e. The summed E-state index contributed by atoms with van der Waals surface area (Å²) in [5, 5.41) is 2.93. The average molecular weight is 584 g/mol. The van der Waals surface area contributed by atoms with Gasteiger partial charge in [0.1, 0.15) is 11.2 Å². The van der Waals surface area contributed by atoms with E-state index < -0.39 is 59.9 Å². The fraction of sp³-hybridized carbons (Fsp3) is 0.